The van der Waals surface area contributed by atoms with Gasteiger partial charge in [-0.3, -0.25) is 4.79 Å². The first-order valence-electron chi connectivity index (χ1n) is 4.02. The molecule has 66 valence electrons. The van der Waals surface area contributed by atoms with Crippen molar-refractivity contribution in [1.29, 1.82) is 0 Å². The summed E-state index contributed by atoms with van der Waals surface area (Å²) in [5.74, 6) is 0. The first-order chi connectivity index (χ1) is 6.29. The van der Waals surface area contributed by atoms with Crippen molar-refractivity contribution < 1.29 is 4.79 Å². The van der Waals surface area contributed by atoms with Gasteiger partial charge in [0.25, 0.3) is 5.24 Å². The van der Waals surface area contributed by atoms with Crippen LogP contribution in [-0.4, -0.2) is 11.8 Å². The monoisotopic (exact) mass is 193 g/mol. The lowest BCUT2D eigenvalue weighted by Crippen LogP contribution is -2.10. The number of carbonyl (C=O) groups is 1. The third-order valence-corrected chi connectivity index (χ3v) is 2.23. The maximum absolute atomic E-state index is 11.0. The van der Waals surface area contributed by atoms with Crippen molar-refractivity contribution in [3.05, 3.63) is 35.9 Å². The highest BCUT2D eigenvalue weighted by Crippen LogP contribution is 2.28. The van der Waals surface area contributed by atoms with Crippen LogP contribution in [0.1, 0.15) is 5.56 Å². The molecule has 0 atom stereocenters. The van der Waals surface area contributed by atoms with Crippen molar-refractivity contribution in [3.8, 4) is 0 Å². The molecule has 0 spiro atoms. The molecular formula is C10H8ClNO. The molecule has 1 aliphatic heterocycles. The van der Waals surface area contributed by atoms with Crippen LogP contribution in [0.5, 0.6) is 0 Å². The molecule has 1 aromatic rings. The molecule has 0 amide bonds. The minimum atomic E-state index is -0.394. The van der Waals surface area contributed by atoms with Gasteiger partial charge in [0.05, 0.1) is 0 Å². The molecule has 0 fully saturated rings. The van der Waals surface area contributed by atoms with Gasteiger partial charge in [0.1, 0.15) is 0 Å². The van der Waals surface area contributed by atoms with Gasteiger partial charge in [-0.05, 0) is 17.7 Å². The zero-order valence-electron chi connectivity index (χ0n) is 6.88. The van der Waals surface area contributed by atoms with E-state index in [9.17, 15) is 4.79 Å². The molecule has 1 aliphatic rings. The van der Waals surface area contributed by atoms with Crippen LogP contribution in [0.15, 0.2) is 30.3 Å². The Bertz CT molecular complexity index is 384. The predicted octanol–water partition coefficient (Wildman–Crippen LogP) is 2.26. The van der Waals surface area contributed by atoms with E-state index in [0.717, 1.165) is 11.3 Å². The van der Waals surface area contributed by atoms with Gasteiger partial charge in [-0.1, -0.05) is 24.3 Å². The topological polar surface area (TPSA) is 29.1 Å². The number of fused-ring (bicyclic) bond motifs is 1. The van der Waals surface area contributed by atoms with E-state index in [4.69, 9.17) is 11.6 Å². The summed E-state index contributed by atoms with van der Waals surface area (Å²) in [5.41, 5.74) is 2.44. The molecule has 0 bridgehead atoms. The smallest absolute Gasteiger partial charge is 0.252 e. The van der Waals surface area contributed by atoms with Crippen LogP contribution < -0.4 is 5.32 Å². The highest BCUT2D eigenvalue weighted by atomic mass is 35.5. The van der Waals surface area contributed by atoms with E-state index in [0.29, 0.717) is 12.1 Å². The normalized spacial score (nSPS) is 14.1. The Labute approximate surface area is 81.2 Å². The third kappa shape index (κ3) is 1.45. The molecule has 0 unspecified atom stereocenters. The van der Waals surface area contributed by atoms with Crippen molar-refractivity contribution in [2.45, 2.75) is 0 Å². The minimum absolute atomic E-state index is 0.394. The van der Waals surface area contributed by atoms with Crippen molar-refractivity contribution in [1.82, 2.24) is 0 Å². The molecular weight excluding hydrogens is 186 g/mol. The molecule has 2 rings (SSSR count). The van der Waals surface area contributed by atoms with Crippen LogP contribution in [0, 0.1) is 0 Å². The first kappa shape index (κ1) is 8.32. The van der Waals surface area contributed by atoms with Crippen LogP contribution in [0.2, 0.25) is 0 Å². The Morgan fingerprint density at radius 2 is 2.15 bits per heavy atom. The first-order valence-corrected chi connectivity index (χ1v) is 4.40. The Morgan fingerprint density at radius 1 is 1.38 bits per heavy atom. The molecule has 3 heteroatoms. The van der Waals surface area contributed by atoms with Gasteiger partial charge < -0.3 is 5.32 Å². The molecule has 0 saturated heterocycles. The van der Waals surface area contributed by atoms with E-state index in [1.54, 1.807) is 6.08 Å². The average molecular weight is 194 g/mol. The maximum Gasteiger partial charge on any atom is 0.252 e. The van der Waals surface area contributed by atoms with Crippen LogP contribution in [-0.2, 0) is 4.79 Å². The van der Waals surface area contributed by atoms with Crippen LogP contribution >= 0.6 is 11.6 Å². The number of para-hydroxylation sites is 1. The summed E-state index contributed by atoms with van der Waals surface area (Å²) < 4.78 is 0. The van der Waals surface area contributed by atoms with Gasteiger partial charge in [-0.2, -0.15) is 0 Å². The van der Waals surface area contributed by atoms with Crippen molar-refractivity contribution in [3.63, 3.8) is 0 Å². The fourth-order valence-electron chi connectivity index (χ4n) is 1.43. The molecule has 1 aromatic carbocycles. The summed E-state index contributed by atoms with van der Waals surface area (Å²) in [6.07, 6.45) is 1.80. The molecule has 2 nitrogen and oxygen atoms in total. The van der Waals surface area contributed by atoms with Crippen LogP contribution in [0.4, 0.5) is 5.69 Å². The van der Waals surface area contributed by atoms with Gasteiger partial charge in [-0.25, -0.2) is 0 Å². The van der Waals surface area contributed by atoms with Gasteiger partial charge >= 0.3 is 0 Å². The van der Waals surface area contributed by atoms with Crippen LogP contribution in [0.25, 0.3) is 5.57 Å². The van der Waals surface area contributed by atoms with E-state index in [-0.39, 0.29) is 0 Å². The fourth-order valence-corrected chi connectivity index (χ4v) is 1.61. The number of rotatable bonds is 1. The lowest BCUT2D eigenvalue weighted by Gasteiger charge is -2.16. The highest BCUT2D eigenvalue weighted by Gasteiger charge is 2.15. The lowest BCUT2D eigenvalue weighted by atomic mass is 10.0. The van der Waals surface area contributed by atoms with E-state index >= 15 is 0 Å². The fraction of sp³-hybridized carbons (Fsp3) is 0.100. The lowest BCUT2D eigenvalue weighted by molar-refractivity contribution is -0.106. The number of halogens is 1. The van der Waals surface area contributed by atoms with Crippen molar-refractivity contribution in [2.75, 3.05) is 11.9 Å². The largest absolute Gasteiger partial charge is 0.381 e. The maximum atomic E-state index is 11.0. The Morgan fingerprint density at radius 3 is 2.92 bits per heavy atom. The summed E-state index contributed by atoms with van der Waals surface area (Å²) in [4.78, 5) is 11.0. The molecule has 0 saturated carbocycles. The summed E-state index contributed by atoms with van der Waals surface area (Å²) in [5, 5.41) is 2.77. The SMILES string of the molecule is O=C(Cl)C1=CCNc2ccccc21. The van der Waals surface area contributed by atoms with Gasteiger partial charge in [0.2, 0.25) is 0 Å². The van der Waals surface area contributed by atoms with E-state index in [1.807, 2.05) is 24.3 Å². The van der Waals surface area contributed by atoms with E-state index < -0.39 is 5.24 Å². The molecule has 0 radical (unpaired) electrons. The molecule has 0 aromatic heterocycles. The minimum Gasteiger partial charge on any atom is -0.381 e. The standard InChI is InChI=1S/C10H8ClNO/c11-10(13)8-5-6-12-9-4-2-1-3-7(8)9/h1-5,12H,6H2. The van der Waals surface area contributed by atoms with E-state index in [2.05, 4.69) is 5.32 Å². The number of anilines is 1. The number of nitrogens with one attached hydrogen (secondary N) is 1. The van der Waals surface area contributed by atoms with Gasteiger partial charge in [0, 0.05) is 23.4 Å². The predicted molar refractivity (Wildman–Crippen MR) is 53.8 cm³/mol. The Hall–Kier alpha value is -1.28. The zero-order valence-corrected chi connectivity index (χ0v) is 7.64. The highest BCUT2D eigenvalue weighted by molar-refractivity contribution is 6.74. The average Bonchev–Trinajstić information content (AvgIpc) is 2.17. The third-order valence-electron chi connectivity index (χ3n) is 2.03. The number of allylic oxidation sites excluding steroid dienone is 1. The second kappa shape index (κ2) is 3.23. The van der Waals surface area contributed by atoms with Crippen LogP contribution in [0.3, 0.4) is 0 Å². The second-order valence-corrected chi connectivity index (χ2v) is 3.16. The Kier molecular flexibility index (Phi) is 2.07. The molecule has 0 aliphatic carbocycles. The molecule has 1 N–H and O–H groups in total. The summed E-state index contributed by atoms with van der Waals surface area (Å²) in [6.45, 7) is 0.658. The van der Waals surface area contributed by atoms with E-state index in [1.165, 1.54) is 0 Å². The van der Waals surface area contributed by atoms with Crippen molar-refractivity contribution in [2.24, 2.45) is 0 Å². The summed E-state index contributed by atoms with van der Waals surface area (Å²) >= 11 is 5.45. The number of carbonyl (C=O) groups excluding carboxylic acids is 1. The van der Waals surface area contributed by atoms with Crippen molar-refractivity contribution >= 4 is 28.1 Å². The molecule has 13 heavy (non-hydrogen) atoms. The summed E-state index contributed by atoms with van der Waals surface area (Å²) in [6, 6.07) is 7.63. The number of hydrogen-bond donors (Lipinski definition) is 1. The Balaban J connectivity index is 2.53. The molecule has 1 heterocycles. The van der Waals surface area contributed by atoms with Gasteiger partial charge in [0.15, 0.2) is 0 Å². The second-order valence-electron chi connectivity index (χ2n) is 2.82. The quantitative estimate of drug-likeness (QED) is 0.694. The number of benzene rings is 1. The number of hydrogen-bond acceptors (Lipinski definition) is 2. The van der Waals surface area contributed by atoms with Gasteiger partial charge in [-0.15, -0.1) is 0 Å². The zero-order chi connectivity index (χ0) is 9.26. The summed E-state index contributed by atoms with van der Waals surface area (Å²) in [7, 11) is 0.